The SMILES string of the molecule is CCOC(=O)C1=C(O)CC(c2ccc(Br)cc2)C2(C(=O)N(C(C)=O)c3ccccc32)C1c1ccccc1. The number of nitrogens with zero attached hydrogens (tertiary/aromatic N) is 1. The predicted octanol–water partition coefficient (Wildman–Crippen LogP) is 5.93. The van der Waals surface area contributed by atoms with Crippen molar-refractivity contribution >= 4 is 39.4 Å². The molecule has 7 heteroatoms. The van der Waals surface area contributed by atoms with Crippen molar-refractivity contribution in [2.24, 2.45) is 0 Å². The second kappa shape index (κ2) is 9.63. The van der Waals surface area contributed by atoms with Gasteiger partial charge >= 0.3 is 5.97 Å². The molecule has 0 fully saturated rings. The number of hydrogen-bond donors (Lipinski definition) is 1. The van der Waals surface area contributed by atoms with Gasteiger partial charge < -0.3 is 9.84 Å². The molecule has 37 heavy (non-hydrogen) atoms. The maximum atomic E-state index is 14.7. The second-order valence-corrected chi connectivity index (χ2v) is 10.2. The summed E-state index contributed by atoms with van der Waals surface area (Å²) >= 11 is 3.48. The summed E-state index contributed by atoms with van der Waals surface area (Å²) in [5, 5.41) is 11.4. The van der Waals surface area contributed by atoms with Crippen LogP contribution in [0.4, 0.5) is 5.69 Å². The summed E-state index contributed by atoms with van der Waals surface area (Å²) in [6, 6.07) is 24.0. The van der Waals surface area contributed by atoms with E-state index in [1.807, 2.05) is 66.7 Å². The Labute approximate surface area is 223 Å². The van der Waals surface area contributed by atoms with Crippen molar-refractivity contribution in [1.29, 1.82) is 0 Å². The molecule has 0 saturated carbocycles. The number of aliphatic hydroxyl groups excluding tert-OH is 1. The molecule has 1 spiro atoms. The Morgan fingerprint density at radius 3 is 2.30 bits per heavy atom. The van der Waals surface area contributed by atoms with Crippen LogP contribution < -0.4 is 4.90 Å². The van der Waals surface area contributed by atoms with E-state index < -0.39 is 35.0 Å². The number of para-hydroxylation sites is 1. The highest BCUT2D eigenvalue weighted by molar-refractivity contribution is 9.10. The van der Waals surface area contributed by atoms with E-state index >= 15 is 0 Å². The van der Waals surface area contributed by atoms with Crippen molar-refractivity contribution in [1.82, 2.24) is 0 Å². The monoisotopic (exact) mass is 559 g/mol. The molecule has 1 heterocycles. The lowest BCUT2D eigenvalue weighted by Crippen LogP contribution is -2.53. The third-order valence-electron chi connectivity index (χ3n) is 7.37. The highest BCUT2D eigenvalue weighted by Gasteiger charge is 2.65. The van der Waals surface area contributed by atoms with E-state index in [0.29, 0.717) is 16.8 Å². The zero-order valence-corrected chi connectivity index (χ0v) is 22.1. The standard InChI is InChI=1S/C30H26BrNO5/c1-3-37-28(35)26-25(34)17-23(19-13-15-21(31)16-14-19)30(27(26)20-9-5-4-6-10-20)22-11-7-8-12-24(22)32(18(2)33)29(30)36/h4-16,23,27,34H,3,17H2,1-2H3. The first-order valence-electron chi connectivity index (χ1n) is 12.2. The Bertz CT molecular complexity index is 1420. The smallest absolute Gasteiger partial charge is 0.338 e. The lowest BCUT2D eigenvalue weighted by Gasteiger charge is -2.46. The average molecular weight is 560 g/mol. The fraction of sp³-hybridized carbons (Fsp3) is 0.233. The maximum absolute atomic E-state index is 14.7. The van der Waals surface area contributed by atoms with Gasteiger partial charge in [-0.3, -0.25) is 9.59 Å². The van der Waals surface area contributed by atoms with Gasteiger partial charge in [0, 0.05) is 29.7 Å². The van der Waals surface area contributed by atoms with E-state index in [1.165, 1.54) is 11.8 Å². The number of aliphatic hydroxyl groups is 1. The van der Waals surface area contributed by atoms with E-state index in [2.05, 4.69) is 15.9 Å². The Hall–Kier alpha value is -3.71. The summed E-state index contributed by atoms with van der Waals surface area (Å²) in [4.78, 5) is 42.2. The molecule has 1 N–H and O–H groups in total. The van der Waals surface area contributed by atoms with Gasteiger partial charge in [-0.2, -0.15) is 0 Å². The van der Waals surface area contributed by atoms with Crippen LogP contribution in [0.5, 0.6) is 0 Å². The van der Waals surface area contributed by atoms with Crippen LogP contribution in [-0.2, 0) is 24.5 Å². The summed E-state index contributed by atoms with van der Waals surface area (Å²) in [5.41, 5.74) is 1.29. The fourth-order valence-corrected chi connectivity index (χ4v) is 6.28. The molecule has 188 valence electrons. The van der Waals surface area contributed by atoms with Gasteiger partial charge in [0.25, 0.3) is 0 Å². The molecule has 0 bridgehead atoms. The minimum atomic E-state index is -1.38. The molecule has 0 aromatic heterocycles. The number of halogens is 1. The number of allylic oxidation sites excluding steroid dienone is 1. The molecule has 3 aromatic rings. The Morgan fingerprint density at radius 1 is 1.00 bits per heavy atom. The summed E-state index contributed by atoms with van der Waals surface area (Å²) in [6.45, 7) is 3.18. The molecule has 1 aliphatic carbocycles. The van der Waals surface area contributed by atoms with Crippen LogP contribution in [0.2, 0.25) is 0 Å². The van der Waals surface area contributed by atoms with Crippen molar-refractivity contribution < 1.29 is 24.2 Å². The highest BCUT2D eigenvalue weighted by atomic mass is 79.9. The van der Waals surface area contributed by atoms with Gasteiger partial charge in [0.05, 0.1) is 23.3 Å². The first-order valence-corrected chi connectivity index (χ1v) is 13.0. The maximum Gasteiger partial charge on any atom is 0.338 e. The molecule has 6 nitrogen and oxygen atoms in total. The van der Waals surface area contributed by atoms with Crippen molar-refractivity contribution in [3.8, 4) is 0 Å². The van der Waals surface area contributed by atoms with Crippen LogP contribution in [0.1, 0.15) is 48.8 Å². The number of fused-ring (bicyclic) bond motifs is 2. The normalized spacial score (nSPS) is 22.8. The first-order chi connectivity index (χ1) is 17.8. The zero-order valence-electron chi connectivity index (χ0n) is 20.5. The van der Waals surface area contributed by atoms with Crippen LogP contribution in [0.15, 0.2) is 94.7 Å². The number of amides is 2. The van der Waals surface area contributed by atoms with Gasteiger partial charge in [-0.15, -0.1) is 0 Å². The molecular weight excluding hydrogens is 534 g/mol. The quantitative estimate of drug-likeness (QED) is 0.400. The Morgan fingerprint density at radius 2 is 1.65 bits per heavy atom. The molecule has 2 amide bonds. The molecule has 0 radical (unpaired) electrons. The van der Waals surface area contributed by atoms with Gasteiger partial charge in [0.2, 0.25) is 11.8 Å². The molecule has 2 aliphatic rings. The molecule has 3 atom stereocenters. The third kappa shape index (κ3) is 3.80. The number of imide groups is 1. The molecule has 1 aliphatic heterocycles. The average Bonchev–Trinajstić information content (AvgIpc) is 3.15. The molecule has 3 aromatic carbocycles. The van der Waals surface area contributed by atoms with Gasteiger partial charge in [-0.05, 0) is 41.8 Å². The summed E-state index contributed by atoms with van der Waals surface area (Å²) in [7, 11) is 0. The zero-order chi connectivity index (χ0) is 26.3. The number of benzene rings is 3. The number of esters is 1. The second-order valence-electron chi connectivity index (χ2n) is 9.28. The van der Waals surface area contributed by atoms with Gasteiger partial charge in [0.15, 0.2) is 0 Å². The third-order valence-corrected chi connectivity index (χ3v) is 7.89. The lowest BCUT2D eigenvalue weighted by atomic mass is 9.53. The van der Waals surface area contributed by atoms with Crippen LogP contribution >= 0.6 is 15.9 Å². The van der Waals surface area contributed by atoms with E-state index in [0.717, 1.165) is 10.0 Å². The number of ether oxygens (including phenoxy) is 1. The molecule has 5 rings (SSSR count). The fourth-order valence-electron chi connectivity index (χ4n) is 6.01. The number of anilines is 1. The van der Waals surface area contributed by atoms with Crippen LogP contribution in [0, 0.1) is 0 Å². The van der Waals surface area contributed by atoms with E-state index in [4.69, 9.17) is 4.74 Å². The van der Waals surface area contributed by atoms with Crippen LogP contribution in [-0.4, -0.2) is 29.5 Å². The van der Waals surface area contributed by atoms with E-state index in [-0.39, 0.29) is 24.4 Å². The summed E-state index contributed by atoms with van der Waals surface area (Å²) in [6.07, 6.45) is 0.0327. The van der Waals surface area contributed by atoms with Crippen LogP contribution in [0.25, 0.3) is 0 Å². The number of carbonyl (C=O) groups is 3. The Balaban J connectivity index is 1.91. The largest absolute Gasteiger partial charge is 0.512 e. The van der Waals surface area contributed by atoms with Gasteiger partial charge in [0.1, 0.15) is 5.76 Å². The topological polar surface area (TPSA) is 83.9 Å². The van der Waals surface area contributed by atoms with Crippen molar-refractivity contribution in [2.45, 2.75) is 37.5 Å². The van der Waals surface area contributed by atoms with Crippen molar-refractivity contribution in [2.75, 3.05) is 11.5 Å². The number of hydrogen-bond acceptors (Lipinski definition) is 5. The minimum absolute atomic E-state index is 0.0327. The Kier molecular flexibility index (Phi) is 6.50. The lowest BCUT2D eigenvalue weighted by molar-refractivity contribution is -0.139. The molecular formula is C30H26BrNO5. The van der Waals surface area contributed by atoms with Crippen molar-refractivity contribution in [3.05, 3.63) is 111 Å². The summed E-state index contributed by atoms with van der Waals surface area (Å²) in [5.74, 6) is -3.08. The number of rotatable bonds is 4. The highest BCUT2D eigenvalue weighted by Crippen LogP contribution is 2.63. The first kappa shape index (κ1) is 25.0. The molecule has 0 saturated heterocycles. The van der Waals surface area contributed by atoms with Crippen LogP contribution in [0.3, 0.4) is 0 Å². The minimum Gasteiger partial charge on any atom is -0.512 e. The molecule has 3 unspecified atom stereocenters. The summed E-state index contributed by atoms with van der Waals surface area (Å²) < 4.78 is 6.28. The predicted molar refractivity (Wildman–Crippen MR) is 143 cm³/mol. The van der Waals surface area contributed by atoms with Gasteiger partial charge in [-0.25, -0.2) is 9.69 Å². The van der Waals surface area contributed by atoms with Crippen molar-refractivity contribution in [3.63, 3.8) is 0 Å². The number of carbonyl (C=O) groups excluding carboxylic acids is 3. The van der Waals surface area contributed by atoms with Gasteiger partial charge in [-0.1, -0.05) is 76.6 Å². The van der Waals surface area contributed by atoms with E-state index in [1.54, 1.807) is 19.1 Å². The van der Waals surface area contributed by atoms with E-state index in [9.17, 15) is 19.5 Å².